The van der Waals surface area contributed by atoms with Crippen molar-refractivity contribution in [3.63, 3.8) is 0 Å². The van der Waals surface area contributed by atoms with Crippen LogP contribution < -0.4 is 0 Å². The predicted molar refractivity (Wildman–Crippen MR) is 203 cm³/mol. The Hall–Kier alpha value is -5.55. The molecule has 4 aromatic carbocycles. The fourth-order valence-electron chi connectivity index (χ4n) is 7.67. The van der Waals surface area contributed by atoms with Crippen LogP contribution in [0.3, 0.4) is 0 Å². The molecular formula is C43H35N5. The van der Waals surface area contributed by atoms with E-state index < -0.39 is 0 Å². The molecule has 6 aromatic heterocycles. The summed E-state index contributed by atoms with van der Waals surface area (Å²) in [6.07, 6.45) is 1.87. The first kappa shape index (κ1) is 27.6. The minimum Gasteiger partial charge on any atom is -0.353 e. The van der Waals surface area contributed by atoms with Crippen molar-refractivity contribution in [3.8, 4) is 0 Å². The van der Waals surface area contributed by atoms with Crippen LogP contribution in [0.15, 0.2) is 97.2 Å². The third-order valence-corrected chi connectivity index (χ3v) is 10.4. The number of hydrogen-bond donors (Lipinski definition) is 1. The molecule has 1 N–H and O–H groups in total. The normalized spacial score (nSPS) is 13.2. The van der Waals surface area contributed by atoms with E-state index >= 15 is 0 Å². The minimum absolute atomic E-state index is 0.0453. The van der Waals surface area contributed by atoms with Gasteiger partial charge in [0.25, 0.3) is 0 Å². The summed E-state index contributed by atoms with van der Waals surface area (Å²) in [7, 11) is 0. The van der Waals surface area contributed by atoms with E-state index in [1.807, 2.05) is 12.3 Å². The topological polar surface area (TPSA) is 58.9 Å². The van der Waals surface area contributed by atoms with Gasteiger partial charge in [-0.3, -0.25) is 4.40 Å². The molecule has 0 aliphatic carbocycles. The Labute approximate surface area is 277 Å². The van der Waals surface area contributed by atoms with Crippen LogP contribution in [0, 0.1) is 0 Å². The summed E-state index contributed by atoms with van der Waals surface area (Å²) >= 11 is 0. The van der Waals surface area contributed by atoms with E-state index in [-0.39, 0.29) is 10.8 Å². The van der Waals surface area contributed by atoms with Crippen LogP contribution in [0.1, 0.15) is 52.7 Å². The summed E-state index contributed by atoms with van der Waals surface area (Å²) in [4.78, 5) is 19.7. The first-order chi connectivity index (χ1) is 23.0. The summed E-state index contributed by atoms with van der Waals surface area (Å²) < 4.78 is 2.22. The predicted octanol–water partition coefficient (Wildman–Crippen LogP) is 11.3. The monoisotopic (exact) mass is 621 g/mol. The lowest BCUT2D eigenvalue weighted by Gasteiger charge is -2.21. The second-order valence-electron chi connectivity index (χ2n) is 15.5. The van der Waals surface area contributed by atoms with Gasteiger partial charge in [-0.2, -0.15) is 0 Å². The molecule has 0 spiro atoms. The number of benzene rings is 4. The number of nitrogens with zero attached hydrogens (tertiary/aromatic N) is 4. The van der Waals surface area contributed by atoms with Gasteiger partial charge in [0.1, 0.15) is 11.3 Å². The van der Waals surface area contributed by atoms with E-state index in [9.17, 15) is 0 Å². The Balaban J connectivity index is 1.57. The molecule has 10 aromatic rings. The number of H-pyrrole nitrogens is 1. The molecule has 8 bridgehead atoms. The number of hydrogen-bond acceptors (Lipinski definition) is 3. The number of pyridine rings is 3. The van der Waals surface area contributed by atoms with Crippen LogP contribution in [0.5, 0.6) is 0 Å². The zero-order valence-corrected chi connectivity index (χ0v) is 28.0. The lowest BCUT2D eigenvalue weighted by atomic mass is 9.84. The lowest BCUT2D eigenvalue weighted by molar-refractivity contribution is 0.591. The Kier molecular flexibility index (Phi) is 5.21. The molecule has 10 rings (SSSR count). The van der Waals surface area contributed by atoms with Gasteiger partial charge in [-0.25, -0.2) is 15.0 Å². The second kappa shape index (κ2) is 9.07. The fourth-order valence-corrected chi connectivity index (χ4v) is 7.67. The van der Waals surface area contributed by atoms with E-state index in [4.69, 9.17) is 15.0 Å². The summed E-state index contributed by atoms with van der Waals surface area (Å²) in [5, 5.41) is 10.3. The largest absolute Gasteiger partial charge is 0.353 e. The van der Waals surface area contributed by atoms with E-state index in [2.05, 4.69) is 136 Å². The molecule has 0 aliphatic rings. The molecule has 0 amide bonds. The molecule has 0 fully saturated rings. The van der Waals surface area contributed by atoms with E-state index in [0.29, 0.717) is 0 Å². The second-order valence-corrected chi connectivity index (χ2v) is 15.5. The molecule has 0 saturated heterocycles. The molecule has 232 valence electrons. The van der Waals surface area contributed by atoms with Crippen molar-refractivity contribution in [2.45, 2.75) is 52.4 Å². The Morgan fingerprint density at radius 1 is 0.542 bits per heavy atom. The van der Waals surface area contributed by atoms with Crippen molar-refractivity contribution in [3.05, 3.63) is 108 Å². The van der Waals surface area contributed by atoms with Crippen LogP contribution in [-0.4, -0.2) is 24.3 Å². The van der Waals surface area contributed by atoms with Crippen LogP contribution in [0.25, 0.3) is 92.9 Å². The van der Waals surface area contributed by atoms with Gasteiger partial charge in [-0.1, -0.05) is 71.9 Å². The first-order valence-corrected chi connectivity index (χ1v) is 16.8. The Morgan fingerprint density at radius 2 is 1.15 bits per heavy atom. The molecule has 6 heterocycles. The number of rotatable bonds is 0. The lowest BCUT2D eigenvalue weighted by Crippen LogP contribution is -2.11. The third-order valence-electron chi connectivity index (χ3n) is 10.4. The maximum absolute atomic E-state index is 5.43. The zero-order valence-electron chi connectivity index (χ0n) is 28.0. The van der Waals surface area contributed by atoms with Gasteiger partial charge in [0.05, 0.1) is 33.1 Å². The molecule has 5 heteroatoms. The standard InChI is InChI=1S/C43H35N5/c1-42(2,3)26-19-30-25-11-14-28-29-8-7-17-44-41(29)48(35(28)18-25)36-16-13-24-10-9-23-12-15-34(45-37(23)38(24)46-36)33-22-27(43(4,5)6)21-32-31(20-26)39(30)47-40(32)33/h7-22,47H,1-6H3. The highest BCUT2D eigenvalue weighted by atomic mass is 15.0. The zero-order chi connectivity index (χ0) is 32.7. The van der Waals surface area contributed by atoms with Crippen molar-refractivity contribution in [1.82, 2.24) is 24.3 Å². The summed E-state index contributed by atoms with van der Waals surface area (Å²) in [6, 6.07) is 33.5. The Morgan fingerprint density at radius 3 is 1.88 bits per heavy atom. The maximum Gasteiger partial charge on any atom is 0.146 e. The summed E-state index contributed by atoms with van der Waals surface area (Å²) in [5.41, 5.74) is 10.3. The van der Waals surface area contributed by atoms with Crippen molar-refractivity contribution >= 4 is 92.9 Å². The van der Waals surface area contributed by atoms with Gasteiger partial charge in [-0.15, -0.1) is 0 Å². The van der Waals surface area contributed by atoms with Crippen LogP contribution in [0.4, 0.5) is 0 Å². The number of aromatic nitrogens is 5. The van der Waals surface area contributed by atoms with E-state index in [1.165, 1.54) is 27.3 Å². The van der Waals surface area contributed by atoms with Gasteiger partial charge in [0, 0.05) is 49.3 Å². The average molecular weight is 622 g/mol. The molecule has 0 unspecified atom stereocenters. The maximum atomic E-state index is 5.43. The van der Waals surface area contributed by atoms with Gasteiger partial charge < -0.3 is 4.98 Å². The van der Waals surface area contributed by atoms with Gasteiger partial charge in [0.2, 0.25) is 0 Å². The van der Waals surface area contributed by atoms with Crippen LogP contribution in [-0.2, 0) is 10.8 Å². The van der Waals surface area contributed by atoms with E-state index in [0.717, 1.165) is 76.7 Å². The van der Waals surface area contributed by atoms with Crippen molar-refractivity contribution < 1.29 is 0 Å². The average Bonchev–Trinajstić information content (AvgIpc) is 3.61. The smallest absolute Gasteiger partial charge is 0.146 e. The molecule has 0 saturated carbocycles. The number of fused-ring (bicyclic) bond motifs is 10. The minimum atomic E-state index is -0.0513. The molecular weight excluding hydrogens is 587 g/mol. The Bertz CT molecular complexity index is 3020. The molecule has 5 nitrogen and oxygen atoms in total. The summed E-state index contributed by atoms with van der Waals surface area (Å²) in [6.45, 7) is 13.8. The van der Waals surface area contributed by atoms with Crippen LogP contribution in [0.2, 0.25) is 0 Å². The van der Waals surface area contributed by atoms with Crippen molar-refractivity contribution in [2.24, 2.45) is 0 Å². The first-order valence-electron chi connectivity index (χ1n) is 16.8. The number of aromatic amines is 1. The highest BCUT2D eigenvalue weighted by Crippen LogP contribution is 2.41. The highest BCUT2D eigenvalue weighted by molar-refractivity contribution is 6.22. The van der Waals surface area contributed by atoms with Gasteiger partial charge >= 0.3 is 0 Å². The fraction of sp³-hybridized carbons (Fsp3) is 0.186. The molecule has 0 aliphatic heterocycles. The van der Waals surface area contributed by atoms with Gasteiger partial charge in [0.15, 0.2) is 0 Å². The summed E-state index contributed by atoms with van der Waals surface area (Å²) in [5.74, 6) is 0. The molecule has 0 atom stereocenters. The van der Waals surface area contributed by atoms with Gasteiger partial charge in [-0.05, 0) is 88.0 Å². The molecule has 48 heavy (non-hydrogen) atoms. The third kappa shape index (κ3) is 3.76. The van der Waals surface area contributed by atoms with E-state index in [1.54, 1.807) is 0 Å². The van der Waals surface area contributed by atoms with Crippen LogP contribution >= 0.6 is 0 Å². The van der Waals surface area contributed by atoms with Crippen molar-refractivity contribution in [1.29, 1.82) is 0 Å². The quantitative estimate of drug-likeness (QED) is 0.171. The molecule has 0 radical (unpaired) electrons. The van der Waals surface area contributed by atoms with Crippen molar-refractivity contribution in [2.75, 3.05) is 0 Å². The highest BCUT2D eigenvalue weighted by Gasteiger charge is 2.22. The number of nitrogens with one attached hydrogen (secondary N) is 1. The SMILES string of the molecule is CC(C)(C)c1cc2c3ccc4c5cccnc5n(c5ccc6ccc7ccc(nc7c6n5)c5cc(C(C)(C)C)cc6c(c1)c2[nH]c56)c4c3.